The van der Waals surface area contributed by atoms with Gasteiger partial charge >= 0.3 is 5.97 Å². The highest BCUT2D eigenvalue weighted by atomic mass is 16.7. The van der Waals surface area contributed by atoms with Gasteiger partial charge in [0.25, 0.3) is 0 Å². The Morgan fingerprint density at radius 3 is 2.84 bits per heavy atom. The summed E-state index contributed by atoms with van der Waals surface area (Å²) >= 11 is 0. The standard InChI is InChI=1S/C13H18N2O4/c1-3-4-10-5-6-11(12(9-10)17-2)18-8-7-13(16)19-15-14/h3-6,9,15H,7-8,14H2,1-2H3. The quantitative estimate of drug-likeness (QED) is 0.573. The second kappa shape index (κ2) is 8.12. The lowest BCUT2D eigenvalue weighted by Gasteiger charge is -2.11. The number of ether oxygens (including phenoxy) is 2. The van der Waals surface area contributed by atoms with Gasteiger partial charge in [-0.2, -0.15) is 0 Å². The number of hydrogen-bond donors (Lipinski definition) is 2. The van der Waals surface area contributed by atoms with E-state index in [9.17, 15) is 4.79 Å². The van der Waals surface area contributed by atoms with Gasteiger partial charge in [-0.25, -0.2) is 5.84 Å². The molecule has 0 fully saturated rings. The van der Waals surface area contributed by atoms with Crippen LogP contribution in [0.1, 0.15) is 18.9 Å². The van der Waals surface area contributed by atoms with Crippen molar-refractivity contribution in [3.05, 3.63) is 29.8 Å². The van der Waals surface area contributed by atoms with Crippen molar-refractivity contribution in [1.82, 2.24) is 5.59 Å². The zero-order valence-electron chi connectivity index (χ0n) is 11.0. The van der Waals surface area contributed by atoms with Crippen LogP contribution in [-0.2, 0) is 9.63 Å². The summed E-state index contributed by atoms with van der Waals surface area (Å²) in [4.78, 5) is 15.4. The Bertz CT molecular complexity index is 446. The molecule has 0 saturated carbocycles. The monoisotopic (exact) mass is 266 g/mol. The number of allylic oxidation sites excluding steroid dienone is 1. The van der Waals surface area contributed by atoms with E-state index >= 15 is 0 Å². The highest BCUT2D eigenvalue weighted by Crippen LogP contribution is 2.28. The smallest absolute Gasteiger partial charge is 0.329 e. The minimum absolute atomic E-state index is 0.0873. The minimum atomic E-state index is -0.494. The Balaban J connectivity index is 2.60. The number of carbonyl (C=O) groups is 1. The fourth-order valence-corrected chi connectivity index (χ4v) is 1.46. The van der Waals surface area contributed by atoms with Crippen LogP contribution < -0.4 is 20.9 Å². The van der Waals surface area contributed by atoms with Crippen LogP contribution in [0.4, 0.5) is 0 Å². The average molecular weight is 266 g/mol. The normalized spacial score (nSPS) is 10.5. The van der Waals surface area contributed by atoms with Gasteiger partial charge < -0.3 is 14.3 Å². The SMILES string of the molecule is CC=Cc1ccc(OCCC(=O)ONN)c(OC)c1. The molecular formula is C13H18N2O4. The Hall–Kier alpha value is -2.05. The molecule has 6 nitrogen and oxygen atoms in total. The molecule has 6 heteroatoms. The zero-order chi connectivity index (χ0) is 14.1. The number of nitrogens with one attached hydrogen (secondary N) is 1. The lowest BCUT2D eigenvalue weighted by atomic mass is 10.2. The summed E-state index contributed by atoms with van der Waals surface area (Å²) in [5.41, 5.74) is 2.84. The molecule has 0 spiro atoms. The Kier molecular flexibility index (Phi) is 6.42. The molecule has 0 heterocycles. The number of rotatable bonds is 7. The van der Waals surface area contributed by atoms with E-state index in [1.54, 1.807) is 13.2 Å². The average Bonchev–Trinajstić information content (AvgIpc) is 2.40. The van der Waals surface area contributed by atoms with Gasteiger partial charge in [0.1, 0.15) is 0 Å². The summed E-state index contributed by atoms with van der Waals surface area (Å²) in [7, 11) is 1.56. The molecule has 19 heavy (non-hydrogen) atoms. The molecule has 1 rings (SSSR count). The van der Waals surface area contributed by atoms with Gasteiger partial charge in [-0.15, -0.1) is 0 Å². The zero-order valence-corrected chi connectivity index (χ0v) is 11.0. The molecule has 0 aliphatic rings. The highest BCUT2D eigenvalue weighted by molar-refractivity contribution is 5.69. The lowest BCUT2D eigenvalue weighted by Crippen LogP contribution is -2.26. The van der Waals surface area contributed by atoms with Gasteiger partial charge in [0.2, 0.25) is 0 Å². The van der Waals surface area contributed by atoms with Crippen LogP contribution in [0.5, 0.6) is 11.5 Å². The molecular weight excluding hydrogens is 248 g/mol. The fourth-order valence-electron chi connectivity index (χ4n) is 1.46. The second-order valence-corrected chi connectivity index (χ2v) is 3.60. The third kappa shape index (κ3) is 4.99. The fraction of sp³-hybridized carbons (Fsp3) is 0.308. The van der Waals surface area contributed by atoms with Crippen LogP contribution in [0.25, 0.3) is 6.08 Å². The third-order valence-electron chi connectivity index (χ3n) is 2.28. The summed E-state index contributed by atoms with van der Waals surface area (Å²) in [6, 6.07) is 5.55. The number of carbonyl (C=O) groups excluding carboxylic acids is 1. The lowest BCUT2D eigenvalue weighted by molar-refractivity contribution is -0.151. The maximum Gasteiger partial charge on any atom is 0.329 e. The van der Waals surface area contributed by atoms with Gasteiger partial charge in [-0.1, -0.05) is 23.8 Å². The largest absolute Gasteiger partial charge is 0.493 e. The molecule has 1 aromatic carbocycles. The predicted octanol–water partition coefficient (Wildman–Crippen LogP) is 1.42. The number of methoxy groups -OCH3 is 1. The Morgan fingerprint density at radius 2 is 2.21 bits per heavy atom. The topological polar surface area (TPSA) is 82.8 Å². The van der Waals surface area contributed by atoms with Crippen molar-refractivity contribution >= 4 is 12.0 Å². The van der Waals surface area contributed by atoms with E-state index in [2.05, 4.69) is 4.84 Å². The van der Waals surface area contributed by atoms with Crippen LogP contribution in [-0.4, -0.2) is 19.7 Å². The van der Waals surface area contributed by atoms with E-state index in [1.165, 1.54) is 0 Å². The molecule has 0 atom stereocenters. The van der Waals surface area contributed by atoms with Crippen molar-refractivity contribution in [3.8, 4) is 11.5 Å². The van der Waals surface area contributed by atoms with Crippen molar-refractivity contribution < 1.29 is 19.1 Å². The summed E-state index contributed by atoms with van der Waals surface area (Å²) in [6.07, 6.45) is 3.98. The molecule has 0 saturated heterocycles. The van der Waals surface area contributed by atoms with Crippen molar-refractivity contribution in [2.75, 3.05) is 13.7 Å². The summed E-state index contributed by atoms with van der Waals surface area (Å²) < 4.78 is 10.7. The first-order valence-corrected chi connectivity index (χ1v) is 5.80. The summed E-state index contributed by atoms with van der Waals surface area (Å²) in [6.45, 7) is 2.12. The van der Waals surface area contributed by atoms with Gasteiger partial charge in [-0.05, 0) is 24.6 Å². The molecule has 0 radical (unpaired) electrons. The molecule has 0 aromatic heterocycles. The molecule has 0 amide bonds. The molecule has 0 unspecified atom stereocenters. The van der Waals surface area contributed by atoms with E-state index in [-0.39, 0.29) is 13.0 Å². The predicted molar refractivity (Wildman–Crippen MR) is 71.2 cm³/mol. The van der Waals surface area contributed by atoms with Crippen molar-refractivity contribution in [2.45, 2.75) is 13.3 Å². The van der Waals surface area contributed by atoms with Gasteiger partial charge in [0.15, 0.2) is 11.5 Å². The third-order valence-corrected chi connectivity index (χ3v) is 2.28. The molecule has 0 aliphatic heterocycles. The number of hydrogen-bond acceptors (Lipinski definition) is 6. The van der Waals surface area contributed by atoms with Crippen LogP contribution in [0.2, 0.25) is 0 Å². The number of nitrogens with two attached hydrogens (primary N) is 1. The van der Waals surface area contributed by atoms with Gasteiger partial charge in [-0.3, -0.25) is 4.79 Å². The molecule has 1 aromatic rings. The van der Waals surface area contributed by atoms with E-state index in [0.29, 0.717) is 11.5 Å². The van der Waals surface area contributed by atoms with Crippen molar-refractivity contribution in [1.29, 1.82) is 0 Å². The first-order valence-electron chi connectivity index (χ1n) is 5.80. The van der Waals surface area contributed by atoms with Crippen LogP contribution in [0, 0.1) is 0 Å². The maximum atomic E-state index is 11.0. The van der Waals surface area contributed by atoms with E-state index in [0.717, 1.165) is 5.56 Å². The molecule has 0 aliphatic carbocycles. The number of benzene rings is 1. The first-order chi connectivity index (χ1) is 9.21. The minimum Gasteiger partial charge on any atom is -0.493 e. The van der Waals surface area contributed by atoms with E-state index in [1.807, 2.05) is 36.8 Å². The van der Waals surface area contributed by atoms with Crippen LogP contribution in [0.3, 0.4) is 0 Å². The summed E-state index contributed by atoms with van der Waals surface area (Å²) in [5.74, 6) is 5.53. The van der Waals surface area contributed by atoms with Crippen LogP contribution >= 0.6 is 0 Å². The van der Waals surface area contributed by atoms with E-state index < -0.39 is 5.97 Å². The highest BCUT2D eigenvalue weighted by Gasteiger charge is 2.07. The van der Waals surface area contributed by atoms with Gasteiger partial charge in [0.05, 0.1) is 20.1 Å². The molecule has 0 bridgehead atoms. The van der Waals surface area contributed by atoms with E-state index in [4.69, 9.17) is 15.3 Å². The number of hydrazine groups is 1. The van der Waals surface area contributed by atoms with Crippen molar-refractivity contribution in [2.24, 2.45) is 5.84 Å². The Morgan fingerprint density at radius 1 is 1.42 bits per heavy atom. The second-order valence-electron chi connectivity index (χ2n) is 3.60. The Labute approximate surface area is 112 Å². The first kappa shape index (κ1) is 15.0. The molecule has 3 N–H and O–H groups in total. The van der Waals surface area contributed by atoms with Crippen LogP contribution in [0.15, 0.2) is 24.3 Å². The van der Waals surface area contributed by atoms with Gasteiger partial charge in [0, 0.05) is 0 Å². The maximum absolute atomic E-state index is 11.0. The summed E-state index contributed by atoms with van der Waals surface area (Å²) in [5, 5.41) is 0. The molecule has 104 valence electrons. The van der Waals surface area contributed by atoms with Crippen molar-refractivity contribution in [3.63, 3.8) is 0 Å².